The van der Waals surface area contributed by atoms with Crippen LogP contribution in [0.15, 0.2) is 6.07 Å². The molecule has 2 N–H and O–H groups in total. The minimum absolute atomic E-state index is 0.156. The minimum atomic E-state index is -1.02. The van der Waals surface area contributed by atoms with Crippen molar-refractivity contribution in [2.75, 3.05) is 11.9 Å². The van der Waals surface area contributed by atoms with Gasteiger partial charge < -0.3 is 15.2 Å². The van der Waals surface area contributed by atoms with Crippen LogP contribution in [-0.2, 0) is 16.0 Å². The van der Waals surface area contributed by atoms with Crippen LogP contribution in [0, 0.1) is 0 Å². The molecular formula is C12H15NO4S. The number of carbonyl (C=O) groups is 2. The van der Waals surface area contributed by atoms with Gasteiger partial charge in [-0.25, -0.2) is 4.79 Å². The fraction of sp³-hybridized carbons (Fsp3) is 0.500. The number of ether oxygens (including phenoxy) is 1. The van der Waals surface area contributed by atoms with Gasteiger partial charge in [0.2, 0.25) is 0 Å². The molecular weight excluding hydrogens is 254 g/mol. The summed E-state index contributed by atoms with van der Waals surface area (Å²) < 4.78 is 5.27. The van der Waals surface area contributed by atoms with E-state index in [1.54, 1.807) is 6.07 Å². The number of amides is 1. The van der Waals surface area contributed by atoms with Crippen molar-refractivity contribution in [3.63, 3.8) is 0 Å². The molecule has 0 saturated carbocycles. The number of anilines is 1. The summed E-state index contributed by atoms with van der Waals surface area (Å²) in [4.78, 5) is 23.9. The third-order valence-electron chi connectivity index (χ3n) is 2.82. The first-order valence-electron chi connectivity index (χ1n) is 5.90. The molecule has 1 unspecified atom stereocenters. The smallest absolute Gasteiger partial charge is 0.338 e. The topological polar surface area (TPSA) is 75.6 Å². The zero-order chi connectivity index (χ0) is 13.1. The molecule has 0 bridgehead atoms. The highest BCUT2D eigenvalue weighted by atomic mass is 32.1. The van der Waals surface area contributed by atoms with Gasteiger partial charge in [-0.05, 0) is 25.3 Å². The van der Waals surface area contributed by atoms with E-state index in [1.165, 1.54) is 11.3 Å². The number of hydrogen-bond acceptors (Lipinski definition) is 4. The monoisotopic (exact) mass is 269 g/mol. The predicted molar refractivity (Wildman–Crippen MR) is 68.3 cm³/mol. The molecule has 1 saturated heterocycles. The first kappa shape index (κ1) is 13.0. The zero-order valence-electron chi connectivity index (χ0n) is 10.1. The van der Waals surface area contributed by atoms with E-state index in [9.17, 15) is 9.59 Å². The number of thiophene rings is 1. The van der Waals surface area contributed by atoms with Crippen molar-refractivity contribution < 1.29 is 19.4 Å². The third-order valence-corrected chi connectivity index (χ3v) is 4.02. The first-order valence-corrected chi connectivity index (χ1v) is 6.72. The lowest BCUT2D eigenvalue weighted by molar-refractivity contribution is -0.124. The van der Waals surface area contributed by atoms with E-state index < -0.39 is 12.1 Å². The molecule has 2 rings (SSSR count). The number of nitrogens with one attached hydrogen (secondary N) is 1. The Morgan fingerprint density at radius 2 is 2.39 bits per heavy atom. The van der Waals surface area contributed by atoms with Gasteiger partial charge in [-0.1, -0.05) is 6.92 Å². The normalized spacial score (nSPS) is 18.8. The highest BCUT2D eigenvalue weighted by Gasteiger charge is 2.25. The predicted octanol–water partition coefficient (Wildman–Crippen LogP) is 2.13. The van der Waals surface area contributed by atoms with Crippen molar-refractivity contribution in [1.29, 1.82) is 0 Å². The van der Waals surface area contributed by atoms with Gasteiger partial charge in [0.15, 0.2) is 0 Å². The van der Waals surface area contributed by atoms with Gasteiger partial charge in [0.1, 0.15) is 11.1 Å². The Morgan fingerprint density at radius 1 is 1.61 bits per heavy atom. The van der Waals surface area contributed by atoms with E-state index in [2.05, 4.69) is 5.32 Å². The van der Waals surface area contributed by atoms with Gasteiger partial charge in [-0.3, -0.25) is 4.79 Å². The lowest BCUT2D eigenvalue weighted by atomic mass is 10.2. The van der Waals surface area contributed by atoms with Gasteiger partial charge in [0.25, 0.3) is 5.91 Å². The summed E-state index contributed by atoms with van der Waals surface area (Å²) in [6.45, 7) is 2.54. The number of carboxylic acids is 1. The van der Waals surface area contributed by atoms with Gasteiger partial charge in [0.05, 0.1) is 5.56 Å². The molecule has 1 fully saturated rings. The molecule has 1 aromatic heterocycles. The van der Waals surface area contributed by atoms with E-state index in [-0.39, 0.29) is 11.5 Å². The number of hydrogen-bond donors (Lipinski definition) is 2. The summed E-state index contributed by atoms with van der Waals surface area (Å²) in [6.07, 6.45) is 1.87. The van der Waals surface area contributed by atoms with Crippen LogP contribution in [0.5, 0.6) is 0 Å². The van der Waals surface area contributed by atoms with Crippen LogP contribution in [0.3, 0.4) is 0 Å². The molecule has 1 atom stereocenters. The highest BCUT2D eigenvalue weighted by Crippen LogP contribution is 2.29. The van der Waals surface area contributed by atoms with Crippen molar-refractivity contribution in [3.8, 4) is 0 Å². The molecule has 1 amide bonds. The lowest BCUT2D eigenvalue weighted by Gasteiger charge is -2.09. The van der Waals surface area contributed by atoms with Crippen molar-refractivity contribution in [3.05, 3.63) is 16.5 Å². The molecule has 98 valence electrons. The summed E-state index contributed by atoms with van der Waals surface area (Å²) in [5.41, 5.74) is 0.156. The second kappa shape index (κ2) is 5.49. The van der Waals surface area contributed by atoms with Gasteiger partial charge in [-0.15, -0.1) is 11.3 Å². The Kier molecular flexibility index (Phi) is 3.98. The standard InChI is InChI=1S/C12H15NO4S/c1-2-7-6-8(12(15)16)11(18-7)13-10(14)9-4-3-5-17-9/h6,9H,2-5H2,1H3,(H,13,14)(H,15,16). The van der Waals surface area contributed by atoms with Crippen LogP contribution in [0.1, 0.15) is 35.0 Å². The molecule has 1 aromatic rings. The average molecular weight is 269 g/mol. The Hall–Kier alpha value is -1.40. The Bertz CT molecular complexity index is 463. The molecule has 18 heavy (non-hydrogen) atoms. The molecule has 2 heterocycles. The second-order valence-corrected chi connectivity index (χ2v) is 5.24. The summed E-state index contributed by atoms with van der Waals surface area (Å²) in [5, 5.41) is 12.1. The van der Waals surface area contributed by atoms with Crippen LogP contribution in [-0.4, -0.2) is 29.7 Å². The van der Waals surface area contributed by atoms with Crippen molar-refractivity contribution in [2.45, 2.75) is 32.3 Å². The van der Waals surface area contributed by atoms with Crippen LogP contribution in [0.25, 0.3) is 0 Å². The molecule has 1 aliphatic rings. The van der Waals surface area contributed by atoms with Crippen LogP contribution >= 0.6 is 11.3 Å². The molecule has 5 nitrogen and oxygen atoms in total. The van der Waals surface area contributed by atoms with Crippen molar-refractivity contribution >= 4 is 28.2 Å². The Balaban J connectivity index is 2.14. The SMILES string of the molecule is CCc1cc(C(=O)O)c(NC(=O)C2CCCO2)s1. The second-order valence-electron chi connectivity index (χ2n) is 4.11. The quantitative estimate of drug-likeness (QED) is 0.878. The summed E-state index contributed by atoms with van der Waals surface area (Å²) in [6, 6.07) is 1.61. The number of carbonyl (C=O) groups excluding carboxylic acids is 1. The Labute approximate surface area is 109 Å². The third kappa shape index (κ3) is 2.70. The fourth-order valence-electron chi connectivity index (χ4n) is 1.84. The molecule has 0 radical (unpaired) electrons. The minimum Gasteiger partial charge on any atom is -0.478 e. The van der Waals surface area contributed by atoms with Crippen molar-refractivity contribution in [2.24, 2.45) is 0 Å². The molecule has 6 heteroatoms. The maximum atomic E-state index is 11.9. The number of carboxylic acid groups (broad SMARTS) is 1. The zero-order valence-corrected chi connectivity index (χ0v) is 10.9. The number of aryl methyl sites for hydroxylation is 1. The van der Waals surface area contributed by atoms with Crippen LogP contribution in [0.4, 0.5) is 5.00 Å². The Morgan fingerprint density at radius 3 is 2.94 bits per heavy atom. The molecule has 0 aromatic carbocycles. The van der Waals surface area contributed by atoms with Gasteiger partial charge >= 0.3 is 5.97 Å². The van der Waals surface area contributed by atoms with E-state index in [4.69, 9.17) is 9.84 Å². The molecule has 0 aliphatic carbocycles. The largest absolute Gasteiger partial charge is 0.478 e. The number of rotatable bonds is 4. The molecule has 0 spiro atoms. The van der Waals surface area contributed by atoms with Crippen molar-refractivity contribution in [1.82, 2.24) is 0 Å². The van der Waals surface area contributed by atoms with E-state index in [0.29, 0.717) is 18.0 Å². The average Bonchev–Trinajstić information content (AvgIpc) is 2.97. The summed E-state index contributed by atoms with van der Waals surface area (Å²) in [7, 11) is 0. The van der Waals surface area contributed by atoms with Gasteiger partial charge in [-0.2, -0.15) is 0 Å². The number of aromatic carboxylic acids is 1. The summed E-state index contributed by atoms with van der Waals surface area (Å²) >= 11 is 1.31. The lowest BCUT2D eigenvalue weighted by Crippen LogP contribution is -2.27. The maximum absolute atomic E-state index is 11.9. The maximum Gasteiger partial charge on any atom is 0.338 e. The fourth-order valence-corrected chi connectivity index (χ4v) is 2.84. The molecule has 1 aliphatic heterocycles. The highest BCUT2D eigenvalue weighted by molar-refractivity contribution is 7.16. The first-order chi connectivity index (χ1) is 8.61. The van der Waals surface area contributed by atoms with E-state index in [0.717, 1.165) is 17.7 Å². The van der Waals surface area contributed by atoms with Crippen LogP contribution in [0.2, 0.25) is 0 Å². The van der Waals surface area contributed by atoms with E-state index in [1.807, 2.05) is 6.92 Å². The summed E-state index contributed by atoms with van der Waals surface area (Å²) in [5.74, 6) is -1.27. The van der Waals surface area contributed by atoms with Crippen LogP contribution < -0.4 is 5.32 Å². The van der Waals surface area contributed by atoms with Gasteiger partial charge in [0, 0.05) is 11.5 Å². The van der Waals surface area contributed by atoms with E-state index >= 15 is 0 Å².